The Morgan fingerprint density at radius 3 is 2.23 bits per heavy atom. The van der Waals surface area contributed by atoms with Gasteiger partial charge < -0.3 is 35.5 Å². The van der Waals surface area contributed by atoms with Crippen molar-refractivity contribution in [3.8, 4) is 5.75 Å². The number of aromatic hydroxyl groups is 1. The molecule has 0 spiro atoms. The van der Waals surface area contributed by atoms with Gasteiger partial charge in [0.1, 0.15) is 17.0 Å². The first-order valence-electron chi connectivity index (χ1n) is 13.0. The summed E-state index contributed by atoms with van der Waals surface area (Å²) in [4.78, 5) is 36.8. The molecule has 2 heterocycles. The second-order valence-electron chi connectivity index (χ2n) is 10.1. The summed E-state index contributed by atoms with van der Waals surface area (Å²) in [6, 6.07) is 5.84. The number of esters is 1. The number of piperazine rings is 1. The van der Waals surface area contributed by atoms with Crippen molar-refractivity contribution in [2.45, 2.75) is 51.7 Å². The third-order valence-corrected chi connectivity index (χ3v) is 6.79. The van der Waals surface area contributed by atoms with Crippen LogP contribution >= 0.6 is 0 Å². The molecule has 0 radical (unpaired) electrons. The first-order chi connectivity index (χ1) is 18.9. The number of ether oxygens (including phenoxy) is 1. The number of carboxylic acid groups (broad SMARTS) is 1. The molecule has 10 nitrogen and oxygen atoms in total. The minimum absolute atomic E-state index is 0.0134. The van der Waals surface area contributed by atoms with Gasteiger partial charge in [-0.15, -0.1) is 0 Å². The number of aromatic carboxylic acids is 1. The summed E-state index contributed by atoms with van der Waals surface area (Å²) in [5.41, 5.74) is 3.99. The number of hydrogen-bond donors (Lipinski definition) is 4. The van der Waals surface area contributed by atoms with Crippen molar-refractivity contribution in [3.63, 3.8) is 0 Å². The smallest absolute Gasteiger partial charge is 0.341 e. The fraction of sp³-hybridized carbons (Fsp3) is 0.393. The molecule has 5 N–H and O–H groups in total. The predicted octanol–water partition coefficient (Wildman–Crippen LogP) is 3.65. The second kappa shape index (κ2) is 11.5. The monoisotopic (exact) mass is 558 g/mol. The molecule has 12 heteroatoms. The maximum atomic E-state index is 15.6. The number of carbonyl (C=O) groups is 2. The molecule has 0 bridgehead atoms. The van der Waals surface area contributed by atoms with Gasteiger partial charge in [0.05, 0.1) is 28.8 Å². The lowest BCUT2D eigenvalue weighted by molar-refractivity contribution is 0.0525. The van der Waals surface area contributed by atoms with Crippen LogP contribution in [-0.4, -0.2) is 58.5 Å². The number of nitrogen functional groups attached to an aromatic ring is 1. The standard InChI is InChI=1S/C19H22F2N4O3.C9H10O3/c1-8-5-24(6-9(2)23-8)17-13(20)15(22)12-16(14(17)21)25(10-3-4-10)7-11(18(12)26)19(27)28;1-2-12-9(11)7-3-5-8(10)6-4-7/h7-10,23H,3-6,22H2,1-2H3,(H,27,28);3-6,10H,2H2,1H3/t8-,9+;. The van der Waals surface area contributed by atoms with Crippen LogP contribution in [0.15, 0.2) is 35.3 Å². The van der Waals surface area contributed by atoms with Crippen LogP contribution in [-0.2, 0) is 4.74 Å². The molecule has 1 saturated carbocycles. The van der Waals surface area contributed by atoms with Gasteiger partial charge in [-0.05, 0) is 57.9 Å². The van der Waals surface area contributed by atoms with E-state index in [9.17, 15) is 19.5 Å². The minimum atomic E-state index is -1.45. The molecule has 214 valence electrons. The number of carboxylic acids is 1. The number of phenolic OH excluding ortho intramolecular Hbond substituents is 1. The Morgan fingerprint density at radius 1 is 1.10 bits per heavy atom. The summed E-state index contributed by atoms with van der Waals surface area (Å²) in [5.74, 6) is -3.56. The van der Waals surface area contributed by atoms with Crippen molar-refractivity contribution < 1.29 is 33.3 Å². The van der Waals surface area contributed by atoms with E-state index in [0.717, 1.165) is 19.0 Å². The molecule has 2 atom stereocenters. The summed E-state index contributed by atoms with van der Waals surface area (Å²) in [7, 11) is 0. The van der Waals surface area contributed by atoms with Crippen LogP contribution in [0.1, 0.15) is 60.4 Å². The van der Waals surface area contributed by atoms with Gasteiger partial charge in [0.15, 0.2) is 11.6 Å². The van der Waals surface area contributed by atoms with Crippen LogP contribution in [0.25, 0.3) is 10.9 Å². The molecule has 3 aromatic rings. The van der Waals surface area contributed by atoms with Gasteiger partial charge in [-0.1, -0.05) is 0 Å². The number of hydrogen-bond acceptors (Lipinski definition) is 8. The summed E-state index contributed by atoms with van der Waals surface area (Å²) in [5, 5.41) is 21.2. The van der Waals surface area contributed by atoms with Gasteiger partial charge in [0.2, 0.25) is 5.43 Å². The van der Waals surface area contributed by atoms with E-state index in [1.165, 1.54) is 28.8 Å². The normalized spacial score (nSPS) is 18.7. The van der Waals surface area contributed by atoms with Crippen molar-refractivity contribution in [1.29, 1.82) is 0 Å². The Morgan fingerprint density at radius 2 is 1.70 bits per heavy atom. The lowest BCUT2D eigenvalue weighted by Gasteiger charge is -2.38. The number of phenols is 1. The van der Waals surface area contributed by atoms with Crippen LogP contribution in [0.2, 0.25) is 0 Å². The first-order valence-corrected chi connectivity index (χ1v) is 13.0. The second-order valence-corrected chi connectivity index (χ2v) is 10.1. The number of aromatic nitrogens is 1. The van der Waals surface area contributed by atoms with E-state index in [4.69, 9.17) is 15.6 Å². The van der Waals surface area contributed by atoms with E-state index in [-0.39, 0.29) is 41.0 Å². The maximum Gasteiger partial charge on any atom is 0.341 e. The number of benzene rings is 2. The molecule has 2 fully saturated rings. The number of anilines is 2. The highest BCUT2D eigenvalue weighted by atomic mass is 19.1. The first kappa shape index (κ1) is 28.8. The summed E-state index contributed by atoms with van der Waals surface area (Å²) >= 11 is 0. The molecule has 0 amide bonds. The zero-order valence-corrected chi connectivity index (χ0v) is 22.4. The molecular weight excluding hydrogens is 526 g/mol. The van der Waals surface area contributed by atoms with Gasteiger partial charge in [-0.3, -0.25) is 4.79 Å². The number of nitrogens with two attached hydrogens (primary N) is 1. The Hall–Kier alpha value is -4.19. The molecule has 1 aromatic heterocycles. The van der Waals surface area contributed by atoms with Crippen LogP contribution in [0.3, 0.4) is 0 Å². The summed E-state index contributed by atoms with van der Waals surface area (Å²) in [6.45, 7) is 6.70. The van der Waals surface area contributed by atoms with Crippen molar-refractivity contribution in [1.82, 2.24) is 9.88 Å². The zero-order valence-electron chi connectivity index (χ0n) is 22.4. The van der Waals surface area contributed by atoms with Crippen molar-refractivity contribution in [3.05, 3.63) is 63.4 Å². The van der Waals surface area contributed by atoms with Crippen LogP contribution in [0.4, 0.5) is 20.2 Å². The van der Waals surface area contributed by atoms with Crippen LogP contribution < -0.4 is 21.4 Å². The molecule has 1 saturated heterocycles. The largest absolute Gasteiger partial charge is 0.508 e. The Labute approximate surface area is 229 Å². The van der Waals surface area contributed by atoms with Crippen molar-refractivity contribution >= 4 is 34.2 Å². The summed E-state index contributed by atoms with van der Waals surface area (Å²) in [6.07, 6.45) is 2.60. The number of carbonyl (C=O) groups excluding carboxylic acids is 1. The molecule has 40 heavy (non-hydrogen) atoms. The quantitative estimate of drug-likeness (QED) is 0.272. The SMILES string of the molecule is CCOC(=O)c1ccc(O)cc1.C[C@@H]1CN(c2c(F)c(N)c3c(=O)c(C(=O)O)cn(C4CC4)c3c2F)C[C@H](C)N1. The van der Waals surface area contributed by atoms with E-state index in [2.05, 4.69) is 5.32 Å². The third kappa shape index (κ3) is 5.71. The van der Waals surface area contributed by atoms with Crippen molar-refractivity contribution in [2.75, 3.05) is 30.3 Å². The lowest BCUT2D eigenvalue weighted by Crippen LogP contribution is -2.54. The van der Waals surface area contributed by atoms with Crippen LogP contribution in [0.5, 0.6) is 5.75 Å². The molecule has 2 aliphatic rings. The Bertz CT molecular complexity index is 1490. The molecule has 5 rings (SSSR count). The third-order valence-electron chi connectivity index (χ3n) is 6.79. The lowest BCUT2D eigenvalue weighted by atomic mass is 10.0. The topological polar surface area (TPSA) is 147 Å². The molecule has 1 aliphatic heterocycles. The van der Waals surface area contributed by atoms with Crippen molar-refractivity contribution in [2.24, 2.45) is 0 Å². The van der Waals surface area contributed by atoms with Crippen LogP contribution in [0, 0.1) is 11.6 Å². The average molecular weight is 559 g/mol. The van der Waals surface area contributed by atoms with E-state index in [0.29, 0.717) is 25.3 Å². The number of nitrogens with zero attached hydrogens (tertiary/aromatic N) is 2. The maximum absolute atomic E-state index is 15.6. The highest BCUT2D eigenvalue weighted by Crippen LogP contribution is 2.41. The van der Waals surface area contributed by atoms with E-state index >= 15 is 8.78 Å². The number of nitrogens with one attached hydrogen (secondary N) is 1. The molecule has 2 aromatic carbocycles. The Kier molecular flexibility index (Phi) is 8.29. The zero-order chi connectivity index (χ0) is 29.3. The number of rotatable bonds is 5. The van der Waals surface area contributed by atoms with E-state index < -0.39 is 39.7 Å². The average Bonchev–Trinajstić information content (AvgIpc) is 3.73. The number of pyridine rings is 1. The number of fused-ring (bicyclic) bond motifs is 1. The summed E-state index contributed by atoms with van der Waals surface area (Å²) < 4.78 is 37.0. The van der Waals surface area contributed by atoms with Gasteiger partial charge in [0.25, 0.3) is 0 Å². The van der Waals surface area contributed by atoms with E-state index in [1.54, 1.807) is 11.8 Å². The van der Waals surface area contributed by atoms with Gasteiger partial charge in [0, 0.05) is 37.4 Å². The molecule has 1 aliphatic carbocycles. The van der Waals surface area contributed by atoms with Gasteiger partial charge >= 0.3 is 11.9 Å². The highest BCUT2D eigenvalue weighted by molar-refractivity contribution is 5.99. The molecular formula is C28H32F2N4O6. The fourth-order valence-corrected chi connectivity index (χ4v) is 4.94. The van der Waals surface area contributed by atoms with Gasteiger partial charge in [-0.2, -0.15) is 0 Å². The fourth-order valence-electron chi connectivity index (χ4n) is 4.94. The highest BCUT2D eigenvalue weighted by Gasteiger charge is 2.34. The predicted molar refractivity (Wildman–Crippen MR) is 146 cm³/mol. The number of halogens is 2. The van der Waals surface area contributed by atoms with Gasteiger partial charge in [-0.25, -0.2) is 18.4 Å². The molecule has 0 unspecified atom stereocenters. The minimum Gasteiger partial charge on any atom is -0.508 e. The Balaban J connectivity index is 0.000000259. The van der Waals surface area contributed by atoms with E-state index in [1.807, 2.05) is 13.8 Å².